The minimum Gasteiger partial charge on any atom is -0.493 e. The second-order valence-electron chi connectivity index (χ2n) is 7.12. The van der Waals surface area contributed by atoms with E-state index in [4.69, 9.17) is 20.5 Å². The quantitative estimate of drug-likeness (QED) is 0.309. The molecule has 0 aliphatic carbocycles. The van der Waals surface area contributed by atoms with Gasteiger partial charge in [0.2, 0.25) is 0 Å². The molecule has 34 heavy (non-hydrogen) atoms. The summed E-state index contributed by atoms with van der Waals surface area (Å²) in [5.74, 6) is -0.316. The third-order valence-corrected chi connectivity index (χ3v) is 7.40. The van der Waals surface area contributed by atoms with Crippen molar-refractivity contribution in [1.82, 2.24) is 4.90 Å². The van der Waals surface area contributed by atoms with Crippen LogP contribution in [0.1, 0.15) is 11.1 Å². The van der Waals surface area contributed by atoms with Crippen LogP contribution in [0.15, 0.2) is 82.6 Å². The predicted molar refractivity (Wildman–Crippen MR) is 130 cm³/mol. The van der Waals surface area contributed by atoms with E-state index in [0.717, 1.165) is 16.7 Å². The number of nitrogens with zero attached hydrogens (tertiary/aromatic N) is 1. The van der Waals surface area contributed by atoms with Crippen molar-refractivity contribution in [2.75, 3.05) is 7.11 Å². The summed E-state index contributed by atoms with van der Waals surface area (Å²) >= 11 is 6.95. The highest BCUT2D eigenvalue weighted by Crippen LogP contribution is 2.36. The van der Waals surface area contributed by atoms with E-state index in [1.165, 1.54) is 37.5 Å². The zero-order valence-electron chi connectivity index (χ0n) is 17.8. The average Bonchev–Trinajstić information content (AvgIpc) is 3.08. The van der Waals surface area contributed by atoms with Crippen LogP contribution in [0.4, 0.5) is 4.79 Å². The molecule has 1 aliphatic rings. The number of carbonyl (C=O) groups is 2. The molecule has 10 heteroatoms. The first-order chi connectivity index (χ1) is 16.3. The van der Waals surface area contributed by atoms with Crippen LogP contribution in [0.5, 0.6) is 11.5 Å². The normalized spacial score (nSPS) is 15.1. The number of imide groups is 1. The van der Waals surface area contributed by atoms with Crippen molar-refractivity contribution in [2.24, 2.45) is 0 Å². The van der Waals surface area contributed by atoms with Gasteiger partial charge in [0.1, 0.15) is 4.90 Å². The molecule has 1 aliphatic heterocycles. The second kappa shape index (κ2) is 9.92. The lowest BCUT2D eigenvalue weighted by atomic mass is 10.1. The standard InChI is InChI=1S/C24H18ClNO6S2/c1-31-20-12-11-16(13-21(20)32-34(29,30)18-8-3-2-4-9-18)14-22-23(27)26(24(28)33-22)15-17-7-5-6-10-19(17)25/h2-14H,15H2,1H3/b22-14-. The largest absolute Gasteiger partial charge is 0.493 e. The van der Waals surface area contributed by atoms with E-state index in [1.807, 2.05) is 0 Å². The number of ether oxygens (including phenoxy) is 1. The Morgan fingerprint density at radius 2 is 1.68 bits per heavy atom. The topological polar surface area (TPSA) is 90.0 Å². The monoisotopic (exact) mass is 515 g/mol. The van der Waals surface area contributed by atoms with Gasteiger partial charge in [0.15, 0.2) is 11.5 Å². The Morgan fingerprint density at radius 1 is 0.971 bits per heavy atom. The number of thioether (sulfide) groups is 1. The lowest BCUT2D eigenvalue weighted by molar-refractivity contribution is -0.123. The molecule has 3 aromatic rings. The molecular formula is C24H18ClNO6S2. The fourth-order valence-corrected chi connectivity index (χ4v) is 5.17. The molecular weight excluding hydrogens is 498 g/mol. The average molecular weight is 516 g/mol. The van der Waals surface area contributed by atoms with Crippen LogP contribution in [-0.4, -0.2) is 31.6 Å². The van der Waals surface area contributed by atoms with E-state index < -0.39 is 21.3 Å². The van der Waals surface area contributed by atoms with Gasteiger partial charge in [-0.3, -0.25) is 14.5 Å². The van der Waals surface area contributed by atoms with Crippen molar-refractivity contribution < 1.29 is 26.9 Å². The number of rotatable bonds is 7. The van der Waals surface area contributed by atoms with Crippen molar-refractivity contribution in [1.29, 1.82) is 0 Å². The van der Waals surface area contributed by atoms with Crippen molar-refractivity contribution in [3.8, 4) is 11.5 Å². The van der Waals surface area contributed by atoms with Crippen LogP contribution in [0, 0.1) is 0 Å². The predicted octanol–water partition coefficient (Wildman–Crippen LogP) is 5.35. The summed E-state index contributed by atoms with van der Waals surface area (Å²) in [5, 5.41) is 0.0370. The molecule has 0 radical (unpaired) electrons. The maximum atomic E-state index is 12.9. The lowest BCUT2D eigenvalue weighted by Crippen LogP contribution is -2.27. The fourth-order valence-electron chi connectivity index (χ4n) is 3.19. The Hall–Kier alpha value is -3.27. The summed E-state index contributed by atoms with van der Waals surface area (Å²) in [7, 11) is -2.72. The zero-order chi connectivity index (χ0) is 24.3. The maximum absolute atomic E-state index is 12.9. The molecule has 1 saturated heterocycles. The van der Waals surface area contributed by atoms with Crippen LogP contribution in [0.3, 0.4) is 0 Å². The number of hydrogen-bond acceptors (Lipinski definition) is 7. The SMILES string of the molecule is COc1ccc(/C=C2\SC(=O)N(Cc3ccccc3Cl)C2=O)cc1OS(=O)(=O)c1ccccc1. The van der Waals surface area contributed by atoms with E-state index in [1.54, 1.807) is 48.5 Å². The van der Waals surface area contributed by atoms with Gasteiger partial charge < -0.3 is 8.92 Å². The van der Waals surface area contributed by atoms with Crippen LogP contribution < -0.4 is 8.92 Å². The van der Waals surface area contributed by atoms with Gasteiger partial charge in [0, 0.05) is 5.02 Å². The van der Waals surface area contributed by atoms with Gasteiger partial charge >= 0.3 is 10.1 Å². The van der Waals surface area contributed by atoms with Gasteiger partial charge in [-0.15, -0.1) is 0 Å². The Balaban J connectivity index is 1.60. The van der Waals surface area contributed by atoms with Crippen molar-refractivity contribution in [3.63, 3.8) is 0 Å². The zero-order valence-corrected chi connectivity index (χ0v) is 20.2. The molecule has 0 bridgehead atoms. The number of methoxy groups -OCH3 is 1. The van der Waals surface area contributed by atoms with E-state index in [2.05, 4.69) is 0 Å². The third kappa shape index (κ3) is 5.11. The smallest absolute Gasteiger partial charge is 0.339 e. The first-order valence-electron chi connectivity index (χ1n) is 9.95. The van der Waals surface area contributed by atoms with Crippen molar-refractivity contribution in [3.05, 3.63) is 93.9 Å². The molecule has 2 amide bonds. The molecule has 0 aromatic heterocycles. The Morgan fingerprint density at radius 3 is 2.38 bits per heavy atom. The minimum absolute atomic E-state index is 0.0110. The van der Waals surface area contributed by atoms with Gasteiger partial charge in [0.05, 0.1) is 18.6 Å². The van der Waals surface area contributed by atoms with Crippen molar-refractivity contribution in [2.45, 2.75) is 11.4 Å². The minimum atomic E-state index is -4.10. The van der Waals surface area contributed by atoms with Gasteiger partial charge in [-0.05, 0) is 59.3 Å². The molecule has 0 atom stereocenters. The number of hydrogen-bond donors (Lipinski definition) is 0. The highest BCUT2D eigenvalue weighted by Gasteiger charge is 2.35. The highest BCUT2D eigenvalue weighted by molar-refractivity contribution is 8.18. The summed E-state index contributed by atoms with van der Waals surface area (Å²) < 4.78 is 35.8. The summed E-state index contributed by atoms with van der Waals surface area (Å²) in [6.45, 7) is 0.0496. The summed E-state index contributed by atoms with van der Waals surface area (Å²) in [6.07, 6.45) is 1.50. The highest BCUT2D eigenvalue weighted by atomic mass is 35.5. The van der Waals surface area contributed by atoms with Crippen LogP contribution >= 0.6 is 23.4 Å². The molecule has 0 unspecified atom stereocenters. The Kier molecular flexibility index (Phi) is 6.97. The fraction of sp³-hybridized carbons (Fsp3) is 0.0833. The van der Waals surface area contributed by atoms with Gasteiger partial charge in [-0.25, -0.2) is 0 Å². The number of amides is 2. The Labute approximate surface area is 206 Å². The molecule has 7 nitrogen and oxygen atoms in total. The first kappa shape index (κ1) is 23.9. The molecule has 3 aromatic carbocycles. The van der Waals surface area contributed by atoms with Crippen LogP contribution in [-0.2, 0) is 21.5 Å². The molecule has 174 valence electrons. The molecule has 1 heterocycles. The number of halogens is 1. The Bertz CT molecular complexity index is 1390. The second-order valence-corrected chi connectivity index (χ2v) is 10.1. The molecule has 4 rings (SSSR count). The number of carbonyl (C=O) groups excluding carboxylic acids is 2. The van der Waals surface area contributed by atoms with E-state index in [-0.39, 0.29) is 27.8 Å². The van der Waals surface area contributed by atoms with Gasteiger partial charge in [-0.2, -0.15) is 8.42 Å². The van der Waals surface area contributed by atoms with Crippen molar-refractivity contribution >= 4 is 50.7 Å². The van der Waals surface area contributed by atoms with E-state index >= 15 is 0 Å². The van der Waals surface area contributed by atoms with Gasteiger partial charge in [0.25, 0.3) is 11.1 Å². The first-order valence-corrected chi connectivity index (χ1v) is 12.5. The van der Waals surface area contributed by atoms with Gasteiger partial charge in [-0.1, -0.05) is 54.1 Å². The van der Waals surface area contributed by atoms with Crippen LogP contribution in [0.2, 0.25) is 5.02 Å². The summed E-state index contributed by atoms with van der Waals surface area (Å²) in [5.41, 5.74) is 1.11. The third-order valence-electron chi connectivity index (χ3n) is 4.88. The maximum Gasteiger partial charge on any atom is 0.339 e. The molecule has 0 saturated carbocycles. The molecule has 1 fully saturated rings. The molecule has 0 spiro atoms. The summed E-state index contributed by atoms with van der Waals surface area (Å²) in [4.78, 5) is 26.6. The van der Waals surface area contributed by atoms with E-state index in [0.29, 0.717) is 16.1 Å². The number of benzene rings is 3. The molecule has 0 N–H and O–H groups in total. The van der Waals surface area contributed by atoms with Crippen LogP contribution in [0.25, 0.3) is 6.08 Å². The lowest BCUT2D eigenvalue weighted by Gasteiger charge is -2.13. The van der Waals surface area contributed by atoms with E-state index in [9.17, 15) is 18.0 Å². The summed E-state index contributed by atoms with van der Waals surface area (Å²) in [6, 6.07) is 19.3.